The number of hydrogen-bond donors (Lipinski definition) is 2. The first kappa shape index (κ1) is 17.6. The molecule has 2 N–H and O–H groups in total. The van der Waals surface area contributed by atoms with Crippen molar-refractivity contribution < 1.29 is 4.79 Å². The zero-order valence-corrected chi connectivity index (χ0v) is 15.9. The van der Waals surface area contributed by atoms with Crippen molar-refractivity contribution in [3.8, 4) is 0 Å². The molecule has 2 aromatic rings. The molecule has 2 aliphatic rings. The second-order valence-corrected chi connectivity index (χ2v) is 8.36. The highest BCUT2D eigenvalue weighted by Crippen LogP contribution is 2.30. The molecule has 2 aliphatic carbocycles. The molecule has 138 valence electrons. The number of fused-ring (bicyclic) bond motifs is 1. The fraction of sp³-hybridized carbons (Fsp3) is 0.550. The van der Waals surface area contributed by atoms with Gasteiger partial charge in [0, 0.05) is 6.42 Å². The quantitative estimate of drug-likeness (QED) is 0.758. The smallest absolute Gasteiger partial charge is 0.230 e. The number of thioether (sulfide) groups is 1. The van der Waals surface area contributed by atoms with E-state index in [0.29, 0.717) is 10.9 Å². The molecule has 0 spiro atoms. The Kier molecular flexibility index (Phi) is 5.58. The first-order valence-electron chi connectivity index (χ1n) is 9.69. The van der Waals surface area contributed by atoms with Gasteiger partial charge in [-0.2, -0.15) is 0 Å². The molecular weight excluding hydrogens is 344 g/mol. The Morgan fingerprint density at radius 3 is 2.92 bits per heavy atom. The van der Waals surface area contributed by atoms with Crippen LogP contribution in [-0.4, -0.2) is 26.8 Å². The second-order valence-electron chi connectivity index (χ2n) is 7.42. The number of hydrogen-bond acceptors (Lipinski definition) is 4. The van der Waals surface area contributed by atoms with Crippen LogP contribution in [0.4, 0.5) is 0 Å². The molecule has 1 amide bonds. The van der Waals surface area contributed by atoms with E-state index >= 15 is 0 Å². The summed E-state index contributed by atoms with van der Waals surface area (Å²) >= 11 is 1.41. The number of nitrogens with zero attached hydrogens (tertiary/aromatic N) is 2. The molecule has 0 aliphatic heterocycles. The Bertz CT molecular complexity index is 754. The maximum Gasteiger partial charge on any atom is 0.230 e. The molecular formula is C20H26N4OS. The summed E-state index contributed by atoms with van der Waals surface area (Å²) in [6, 6.07) is 8.57. The van der Waals surface area contributed by atoms with E-state index in [9.17, 15) is 4.79 Å². The topological polar surface area (TPSA) is 70.7 Å². The van der Waals surface area contributed by atoms with Gasteiger partial charge in [0.05, 0.1) is 11.8 Å². The van der Waals surface area contributed by atoms with Crippen LogP contribution >= 0.6 is 11.8 Å². The van der Waals surface area contributed by atoms with Crippen molar-refractivity contribution >= 4 is 17.7 Å². The van der Waals surface area contributed by atoms with E-state index in [0.717, 1.165) is 37.4 Å². The van der Waals surface area contributed by atoms with Gasteiger partial charge >= 0.3 is 0 Å². The third-order valence-electron chi connectivity index (χ3n) is 5.50. The summed E-state index contributed by atoms with van der Waals surface area (Å²) in [5.74, 6) is 2.12. The van der Waals surface area contributed by atoms with Crippen LogP contribution in [0.2, 0.25) is 0 Å². The van der Waals surface area contributed by atoms with Gasteiger partial charge in [-0.3, -0.25) is 9.89 Å². The van der Waals surface area contributed by atoms with Crippen LogP contribution in [0.15, 0.2) is 29.4 Å². The van der Waals surface area contributed by atoms with Gasteiger partial charge in [0.2, 0.25) is 11.1 Å². The summed E-state index contributed by atoms with van der Waals surface area (Å²) in [6.45, 7) is 0. The van der Waals surface area contributed by atoms with Gasteiger partial charge in [-0.1, -0.05) is 61.7 Å². The Morgan fingerprint density at radius 2 is 2.04 bits per heavy atom. The molecule has 26 heavy (non-hydrogen) atoms. The van der Waals surface area contributed by atoms with E-state index < -0.39 is 0 Å². The lowest BCUT2D eigenvalue weighted by Crippen LogP contribution is -2.32. The summed E-state index contributed by atoms with van der Waals surface area (Å²) < 4.78 is 0. The zero-order chi connectivity index (χ0) is 17.8. The van der Waals surface area contributed by atoms with Crippen molar-refractivity contribution in [3.05, 3.63) is 41.2 Å². The molecule has 1 saturated carbocycles. The molecule has 4 rings (SSSR count). The summed E-state index contributed by atoms with van der Waals surface area (Å²) in [6.07, 6.45) is 9.51. The Labute approximate surface area is 158 Å². The molecule has 0 unspecified atom stereocenters. The molecule has 0 radical (unpaired) electrons. The predicted octanol–water partition coefficient (Wildman–Crippen LogP) is 3.82. The third kappa shape index (κ3) is 4.29. The standard InChI is InChI=1S/C20H26N4OS/c25-19(21-17-11-5-9-15-8-3-4-10-16(15)17)13-26-20-22-18(23-24-20)12-14-6-1-2-7-14/h3-4,8,10,14,17H,1-2,5-7,9,11-13H2,(H,21,25)(H,22,23,24)/t17-/m1/s1. The van der Waals surface area contributed by atoms with Crippen LogP contribution in [0.3, 0.4) is 0 Å². The largest absolute Gasteiger partial charge is 0.349 e. The lowest BCUT2D eigenvalue weighted by atomic mass is 9.88. The van der Waals surface area contributed by atoms with Crippen LogP contribution < -0.4 is 5.32 Å². The monoisotopic (exact) mass is 370 g/mol. The van der Waals surface area contributed by atoms with Gasteiger partial charge in [0.25, 0.3) is 0 Å². The van der Waals surface area contributed by atoms with Crippen LogP contribution in [0.5, 0.6) is 0 Å². The van der Waals surface area contributed by atoms with Crippen LogP contribution in [0.25, 0.3) is 0 Å². The lowest BCUT2D eigenvalue weighted by molar-refractivity contribution is -0.119. The Hall–Kier alpha value is -1.82. The molecule has 0 saturated heterocycles. The van der Waals surface area contributed by atoms with Crippen molar-refractivity contribution in [1.82, 2.24) is 20.5 Å². The number of H-pyrrole nitrogens is 1. The van der Waals surface area contributed by atoms with Gasteiger partial charge in [0.15, 0.2) is 0 Å². The summed E-state index contributed by atoms with van der Waals surface area (Å²) in [5, 5.41) is 11.2. The van der Waals surface area contributed by atoms with Gasteiger partial charge in [0.1, 0.15) is 5.82 Å². The average Bonchev–Trinajstić information content (AvgIpc) is 3.33. The number of aromatic nitrogens is 3. The van der Waals surface area contributed by atoms with E-state index in [1.165, 1.54) is 48.6 Å². The molecule has 0 bridgehead atoms. The second kappa shape index (κ2) is 8.25. The normalized spacial score (nSPS) is 20.1. The van der Waals surface area contributed by atoms with Gasteiger partial charge in [-0.15, -0.1) is 5.10 Å². The predicted molar refractivity (Wildman–Crippen MR) is 103 cm³/mol. The Balaban J connectivity index is 1.27. The maximum absolute atomic E-state index is 12.4. The maximum atomic E-state index is 12.4. The minimum absolute atomic E-state index is 0.0545. The number of nitrogens with one attached hydrogen (secondary N) is 2. The Morgan fingerprint density at radius 1 is 1.19 bits per heavy atom. The number of carbonyl (C=O) groups excluding carboxylic acids is 1. The molecule has 1 aromatic heterocycles. The number of amides is 1. The third-order valence-corrected chi connectivity index (χ3v) is 6.35. The van der Waals surface area contributed by atoms with Crippen molar-refractivity contribution in [2.45, 2.75) is 62.6 Å². The fourth-order valence-corrected chi connectivity index (χ4v) is 4.82. The minimum atomic E-state index is 0.0545. The molecule has 1 heterocycles. The van der Waals surface area contributed by atoms with E-state index in [2.05, 4.69) is 44.8 Å². The number of benzene rings is 1. The van der Waals surface area contributed by atoms with E-state index in [4.69, 9.17) is 0 Å². The van der Waals surface area contributed by atoms with Crippen LogP contribution in [0, 0.1) is 5.92 Å². The van der Waals surface area contributed by atoms with Crippen LogP contribution in [0.1, 0.15) is 61.5 Å². The summed E-state index contributed by atoms with van der Waals surface area (Å²) in [7, 11) is 0. The number of aromatic amines is 1. The SMILES string of the molecule is O=C(CSc1n[nH]c(CC2CCCC2)n1)N[C@@H]1CCCc2ccccc21. The number of rotatable bonds is 6. The molecule has 6 heteroatoms. The molecule has 1 atom stereocenters. The van der Waals surface area contributed by atoms with Gasteiger partial charge in [-0.25, -0.2) is 4.98 Å². The summed E-state index contributed by atoms with van der Waals surface area (Å²) in [5.41, 5.74) is 2.64. The molecule has 1 aromatic carbocycles. The molecule has 1 fully saturated rings. The van der Waals surface area contributed by atoms with Crippen molar-refractivity contribution in [1.29, 1.82) is 0 Å². The van der Waals surface area contributed by atoms with Crippen LogP contribution in [-0.2, 0) is 17.6 Å². The highest BCUT2D eigenvalue weighted by atomic mass is 32.2. The van der Waals surface area contributed by atoms with Crippen molar-refractivity contribution in [2.24, 2.45) is 5.92 Å². The van der Waals surface area contributed by atoms with Gasteiger partial charge < -0.3 is 5.32 Å². The van der Waals surface area contributed by atoms with Gasteiger partial charge in [-0.05, 0) is 36.3 Å². The first-order chi connectivity index (χ1) is 12.8. The zero-order valence-electron chi connectivity index (χ0n) is 15.0. The fourth-order valence-electron chi connectivity index (χ4n) is 4.19. The molecule has 5 nitrogen and oxygen atoms in total. The van der Waals surface area contributed by atoms with E-state index in [1.807, 2.05) is 0 Å². The van der Waals surface area contributed by atoms with Crippen molar-refractivity contribution in [2.75, 3.05) is 5.75 Å². The summed E-state index contributed by atoms with van der Waals surface area (Å²) in [4.78, 5) is 16.9. The number of aryl methyl sites for hydroxylation is 1. The van der Waals surface area contributed by atoms with E-state index in [-0.39, 0.29) is 11.9 Å². The minimum Gasteiger partial charge on any atom is -0.349 e. The number of carbonyl (C=O) groups is 1. The highest BCUT2D eigenvalue weighted by molar-refractivity contribution is 7.99. The lowest BCUT2D eigenvalue weighted by Gasteiger charge is -2.26. The average molecular weight is 371 g/mol. The first-order valence-corrected chi connectivity index (χ1v) is 10.7. The van der Waals surface area contributed by atoms with Crippen molar-refractivity contribution in [3.63, 3.8) is 0 Å². The highest BCUT2D eigenvalue weighted by Gasteiger charge is 2.22. The van der Waals surface area contributed by atoms with E-state index in [1.54, 1.807) is 0 Å².